The molecule has 0 saturated heterocycles. The Hall–Kier alpha value is -1.69. The van der Waals surface area contributed by atoms with E-state index < -0.39 is 18.1 Å². The second kappa shape index (κ2) is 5.97. The summed E-state index contributed by atoms with van der Waals surface area (Å²) in [7, 11) is 0. The molecule has 0 spiro atoms. The van der Waals surface area contributed by atoms with E-state index in [9.17, 15) is 13.6 Å². The quantitative estimate of drug-likeness (QED) is 0.834. The number of alkyl halides is 2. The molecule has 1 atom stereocenters. The fourth-order valence-corrected chi connectivity index (χ4v) is 1.73. The van der Waals surface area contributed by atoms with Crippen LogP contribution < -0.4 is 15.8 Å². The standard InChI is InChI=1S/C13H18F2N2O2/c1-8(17-13(2,3)11(16)18)9-6-4-5-7-10(9)19-12(14)15/h4-8,12,17H,1-3H3,(H2,16,18). The number of halogens is 2. The summed E-state index contributed by atoms with van der Waals surface area (Å²) in [6.45, 7) is 2.11. The predicted octanol–water partition coefficient (Wildman–Crippen LogP) is 2.20. The lowest BCUT2D eigenvalue weighted by atomic mass is 10.00. The third kappa shape index (κ3) is 4.17. The van der Waals surface area contributed by atoms with Gasteiger partial charge in [-0.2, -0.15) is 8.78 Å². The minimum absolute atomic E-state index is 0.0813. The summed E-state index contributed by atoms with van der Waals surface area (Å²) in [6, 6.07) is 6.07. The molecule has 1 aromatic carbocycles. The van der Waals surface area contributed by atoms with Gasteiger partial charge >= 0.3 is 6.61 Å². The molecule has 19 heavy (non-hydrogen) atoms. The van der Waals surface area contributed by atoms with Crippen LogP contribution in [0.1, 0.15) is 32.4 Å². The molecule has 0 heterocycles. The van der Waals surface area contributed by atoms with Gasteiger partial charge in [0.15, 0.2) is 0 Å². The highest BCUT2D eigenvalue weighted by Gasteiger charge is 2.28. The number of rotatable bonds is 6. The van der Waals surface area contributed by atoms with Crippen LogP contribution in [0.15, 0.2) is 24.3 Å². The van der Waals surface area contributed by atoms with E-state index in [0.717, 1.165) is 0 Å². The molecular formula is C13H18F2N2O2. The lowest BCUT2D eigenvalue weighted by molar-refractivity contribution is -0.123. The van der Waals surface area contributed by atoms with Gasteiger partial charge in [-0.15, -0.1) is 0 Å². The van der Waals surface area contributed by atoms with Gasteiger partial charge in [0.05, 0.1) is 5.54 Å². The van der Waals surface area contributed by atoms with Gasteiger partial charge in [-0.3, -0.25) is 10.1 Å². The summed E-state index contributed by atoms with van der Waals surface area (Å²) in [5, 5.41) is 2.99. The molecule has 0 radical (unpaired) electrons. The van der Waals surface area contributed by atoms with Crippen molar-refractivity contribution in [2.24, 2.45) is 5.73 Å². The summed E-state index contributed by atoms with van der Waals surface area (Å²) in [5.74, 6) is -0.440. The summed E-state index contributed by atoms with van der Waals surface area (Å²) < 4.78 is 29.1. The fraction of sp³-hybridized carbons (Fsp3) is 0.462. The number of amides is 1. The van der Waals surface area contributed by atoms with Gasteiger partial charge in [0.1, 0.15) is 5.75 Å². The van der Waals surface area contributed by atoms with Crippen molar-refractivity contribution in [2.45, 2.75) is 39.0 Å². The second-order valence-corrected chi connectivity index (χ2v) is 4.77. The number of primary amides is 1. The summed E-state index contributed by atoms with van der Waals surface area (Å²) in [6.07, 6.45) is 0. The van der Waals surface area contributed by atoms with Crippen molar-refractivity contribution in [3.8, 4) is 5.75 Å². The largest absolute Gasteiger partial charge is 0.434 e. The van der Waals surface area contributed by atoms with Crippen LogP contribution in [-0.4, -0.2) is 18.1 Å². The Morgan fingerprint density at radius 1 is 1.37 bits per heavy atom. The Bertz CT molecular complexity index is 450. The number of nitrogens with two attached hydrogens (primary N) is 1. The van der Waals surface area contributed by atoms with Crippen molar-refractivity contribution in [1.29, 1.82) is 0 Å². The van der Waals surface area contributed by atoms with Crippen LogP contribution in [0, 0.1) is 0 Å². The zero-order valence-electron chi connectivity index (χ0n) is 11.1. The summed E-state index contributed by atoms with van der Waals surface area (Å²) >= 11 is 0. The fourth-order valence-electron chi connectivity index (χ4n) is 1.73. The minimum atomic E-state index is -2.89. The van der Waals surface area contributed by atoms with E-state index in [-0.39, 0.29) is 11.8 Å². The van der Waals surface area contributed by atoms with Gasteiger partial charge in [-0.25, -0.2) is 0 Å². The SMILES string of the molecule is CC(NC(C)(C)C(N)=O)c1ccccc1OC(F)F. The van der Waals surface area contributed by atoms with Gasteiger partial charge < -0.3 is 10.5 Å². The number of carbonyl (C=O) groups excluding carboxylic acids is 1. The van der Waals surface area contributed by atoms with Crippen LogP contribution in [0.5, 0.6) is 5.75 Å². The van der Waals surface area contributed by atoms with E-state index in [1.807, 2.05) is 0 Å². The van der Waals surface area contributed by atoms with Crippen molar-refractivity contribution in [3.63, 3.8) is 0 Å². The maximum absolute atomic E-state index is 12.3. The first kappa shape index (κ1) is 15.4. The van der Waals surface area contributed by atoms with Crippen molar-refractivity contribution in [2.75, 3.05) is 0 Å². The Kier molecular flexibility index (Phi) is 4.83. The molecule has 1 unspecified atom stereocenters. The first-order valence-electron chi connectivity index (χ1n) is 5.85. The van der Waals surface area contributed by atoms with Gasteiger partial charge in [0.2, 0.25) is 5.91 Å². The maximum Gasteiger partial charge on any atom is 0.387 e. The molecule has 106 valence electrons. The molecule has 0 bridgehead atoms. The van der Waals surface area contributed by atoms with Gasteiger partial charge in [-0.1, -0.05) is 18.2 Å². The first-order chi connectivity index (χ1) is 8.74. The first-order valence-corrected chi connectivity index (χ1v) is 5.85. The maximum atomic E-state index is 12.3. The van der Waals surface area contributed by atoms with E-state index in [1.165, 1.54) is 6.07 Å². The summed E-state index contributed by atoms with van der Waals surface area (Å²) in [5.41, 5.74) is 4.85. The highest BCUT2D eigenvalue weighted by Crippen LogP contribution is 2.27. The molecule has 0 saturated carbocycles. The van der Waals surface area contributed by atoms with Crippen LogP contribution in [0.25, 0.3) is 0 Å². The van der Waals surface area contributed by atoms with Crippen LogP contribution in [0.3, 0.4) is 0 Å². The van der Waals surface area contributed by atoms with Crippen LogP contribution in [0.2, 0.25) is 0 Å². The minimum Gasteiger partial charge on any atom is -0.434 e. The average molecular weight is 272 g/mol. The monoisotopic (exact) mass is 272 g/mol. The van der Waals surface area contributed by atoms with Gasteiger partial charge in [0.25, 0.3) is 0 Å². The van der Waals surface area contributed by atoms with Crippen molar-refractivity contribution < 1.29 is 18.3 Å². The molecule has 0 aromatic heterocycles. The Morgan fingerprint density at radius 3 is 2.47 bits per heavy atom. The second-order valence-electron chi connectivity index (χ2n) is 4.77. The molecule has 1 rings (SSSR count). The van der Waals surface area contributed by atoms with Crippen LogP contribution in [-0.2, 0) is 4.79 Å². The molecule has 0 aliphatic heterocycles. The number of para-hydroxylation sites is 1. The van der Waals surface area contributed by atoms with Crippen molar-refractivity contribution >= 4 is 5.91 Å². The molecule has 6 heteroatoms. The number of carbonyl (C=O) groups is 1. The topological polar surface area (TPSA) is 64.3 Å². The van der Waals surface area contributed by atoms with Crippen molar-refractivity contribution in [1.82, 2.24) is 5.32 Å². The van der Waals surface area contributed by atoms with Crippen LogP contribution >= 0.6 is 0 Å². The molecule has 1 aromatic rings. The smallest absolute Gasteiger partial charge is 0.387 e. The predicted molar refractivity (Wildman–Crippen MR) is 67.9 cm³/mol. The van der Waals surface area contributed by atoms with E-state index in [1.54, 1.807) is 39.0 Å². The molecule has 0 aliphatic carbocycles. The lowest BCUT2D eigenvalue weighted by Crippen LogP contribution is -2.51. The van der Waals surface area contributed by atoms with E-state index in [4.69, 9.17) is 5.73 Å². The van der Waals surface area contributed by atoms with Gasteiger partial charge in [-0.05, 0) is 26.8 Å². The molecule has 0 fully saturated rings. The lowest BCUT2D eigenvalue weighted by Gasteiger charge is -2.28. The van der Waals surface area contributed by atoms with Gasteiger partial charge in [0, 0.05) is 11.6 Å². The molecule has 1 amide bonds. The number of ether oxygens (including phenoxy) is 1. The van der Waals surface area contributed by atoms with E-state index in [2.05, 4.69) is 10.1 Å². The number of hydrogen-bond donors (Lipinski definition) is 2. The Morgan fingerprint density at radius 2 is 1.95 bits per heavy atom. The molecular weight excluding hydrogens is 254 g/mol. The van der Waals surface area contributed by atoms with E-state index >= 15 is 0 Å². The summed E-state index contributed by atoms with van der Waals surface area (Å²) in [4.78, 5) is 11.3. The average Bonchev–Trinajstić information content (AvgIpc) is 2.27. The normalized spacial score (nSPS) is 13.4. The zero-order chi connectivity index (χ0) is 14.6. The highest BCUT2D eigenvalue weighted by atomic mass is 19.3. The van der Waals surface area contributed by atoms with E-state index in [0.29, 0.717) is 5.56 Å². The van der Waals surface area contributed by atoms with Crippen molar-refractivity contribution in [3.05, 3.63) is 29.8 Å². The number of hydrogen-bond acceptors (Lipinski definition) is 3. The zero-order valence-corrected chi connectivity index (χ0v) is 11.1. The Labute approximate surface area is 110 Å². The molecule has 0 aliphatic rings. The molecule has 3 N–H and O–H groups in total. The highest BCUT2D eigenvalue weighted by molar-refractivity contribution is 5.83. The van der Waals surface area contributed by atoms with Crippen LogP contribution in [0.4, 0.5) is 8.78 Å². The number of benzene rings is 1. The molecule has 4 nitrogen and oxygen atoms in total. The Balaban J connectivity index is 2.93. The third-order valence-electron chi connectivity index (χ3n) is 2.79. The third-order valence-corrected chi connectivity index (χ3v) is 2.79. The number of nitrogens with one attached hydrogen (secondary N) is 1.